The van der Waals surface area contributed by atoms with E-state index in [1.165, 1.54) is 0 Å². The van der Waals surface area contributed by atoms with Crippen LogP contribution in [0.25, 0.3) is 0 Å². The zero-order valence-corrected chi connectivity index (χ0v) is 14.2. The van der Waals surface area contributed by atoms with E-state index in [0.717, 1.165) is 36.7 Å². The average Bonchev–Trinajstić information content (AvgIpc) is 3.05. The van der Waals surface area contributed by atoms with Gasteiger partial charge in [0.15, 0.2) is 0 Å². The molecule has 4 heteroatoms. The lowest BCUT2D eigenvalue weighted by Crippen LogP contribution is -2.37. The zero-order chi connectivity index (χ0) is 17.3. The second-order valence-electron chi connectivity index (χ2n) is 6.82. The summed E-state index contributed by atoms with van der Waals surface area (Å²) < 4.78 is 5.20. The highest BCUT2D eigenvalue weighted by Crippen LogP contribution is 2.52. The van der Waals surface area contributed by atoms with Crippen LogP contribution in [0.4, 0.5) is 0 Å². The Labute approximate surface area is 142 Å². The Kier molecular flexibility index (Phi) is 4.74. The van der Waals surface area contributed by atoms with Crippen molar-refractivity contribution >= 4 is 12.3 Å². The molecule has 1 unspecified atom stereocenters. The SMILES string of the molecule is CCOC(=O)C1=C(O)[C@@H]2CCC[C@@H]2C(C=O)[C@H]1c1ccc(C)cc1. The highest BCUT2D eigenvalue weighted by Gasteiger charge is 2.49. The molecule has 0 radical (unpaired) electrons. The molecule has 0 aromatic heterocycles. The van der Waals surface area contributed by atoms with Crippen molar-refractivity contribution in [2.75, 3.05) is 6.61 Å². The summed E-state index contributed by atoms with van der Waals surface area (Å²) in [5.74, 6) is -1.08. The van der Waals surface area contributed by atoms with Crippen LogP contribution < -0.4 is 0 Å². The molecule has 4 nitrogen and oxygen atoms in total. The number of aldehydes is 1. The van der Waals surface area contributed by atoms with Crippen LogP contribution in [0.3, 0.4) is 0 Å². The van der Waals surface area contributed by atoms with Crippen molar-refractivity contribution in [1.82, 2.24) is 0 Å². The number of aliphatic hydroxyl groups excluding tert-OH is 1. The molecular formula is C20H24O4. The predicted octanol–water partition coefficient (Wildman–Crippen LogP) is 3.70. The van der Waals surface area contributed by atoms with Crippen LogP contribution in [0.1, 0.15) is 43.2 Å². The maximum absolute atomic E-state index is 12.6. The molecule has 0 saturated heterocycles. The first-order valence-corrected chi connectivity index (χ1v) is 8.70. The van der Waals surface area contributed by atoms with E-state index in [-0.39, 0.29) is 35.7 Å². The van der Waals surface area contributed by atoms with E-state index >= 15 is 0 Å². The molecule has 0 heterocycles. The van der Waals surface area contributed by atoms with Crippen molar-refractivity contribution in [2.24, 2.45) is 17.8 Å². The number of esters is 1. The molecule has 1 N–H and O–H groups in total. The van der Waals surface area contributed by atoms with E-state index in [9.17, 15) is 14.7 Å². The van der Waals surface area contributed by atoms with Crippen molar-refractivity contribution in [1.29, 1.82) is 0 Å². The van der Waals surface area contributed by atoms with Gasteiger partial charge < -0.3 is 14.6 Å². The lowest BCUT2D eigenvalue weighted by atomic mass is 9.65. The number of hydrogen-bond acceptors (Lipinski definition) is 4. The zero-order valence-electron chi connectivity index (χ0n) is 14.2. The van der Waals surface area contributed by atoms with Gasteiger partial charge in [-0.15, -0.1) is 0 Å². The predicted molar refractivity (Wildman–Crippen MR) is 90.6 cm³/mol. The molecule has 1 saturated carbocycles. The Hall–Kier alpha value is -2.10. The molecule has 24 heavy (non-hydrogen) atoms. The fourth-order valence-corrected chi connectivity index (χ4v) is 4.37. The van der Waals surface area contributed by atoms with E-state index < -0.39 is 11.9 Å². The molecule has 2 aliphatic rings. The van der Waals surface area contributed by atoms with Gasteiger partial charge >= 0.3 is 5.97 Å². The summed E-state index contributed by atoms with van der Waals surface area (Å²) in [5.41, 5.74) is 2.28. The van der Waals surface area contributed by atoms with Gasteiger partial charge in [0, 0.05) is 17.8 Å². The van der Waals surface area contributed by atoms with E-state index in [2.05, 4.69) is 0 Å². The first-order chi connectivity index (χ1) is 11.6. The minimum absolute atomic E-state index is 0.0960. The minimum atomic E-state index is -0.502. The van der Waals surface area contributed by atoms with Gasteiger partial charge in [-0.3, -0.25) is 0 Å². The van der Waals surface area contributed by atoms with Gasteiger partial charge in [0.25, 0.3) is 0 Å². The summed E-state index contributed by atoms with van der Waals surface area (Å²) in [6, 6.07) is 7.83. The molecule has 1 aromatic carbocycles. The van der Waals surface area contributed by atoms with E-state index in [1.54, 1.807) is 6.92 Å². The van der Waals surface area contributed by atoms with Crippen LogP contribution in [0, 0.1) is 24.7 Å². The van der Waals surface area contributed by atoms with Gasteiger partial charge in [-0.2, -0.15) is 0 Å². The van der Waals surface area contributed by atoms with Crippen molar-refractivity contribution in [2.45, 2.75) is 39.0 Å². The first-order valence-electron chi connectivity index (χ1n) is 8.70. The third-order valence-corrected chi connectivity index (χ3v) is 5.48. The van der Waals surface area contributed by atoms with E-state index in [1.807, 2.05) is 31.2 Å². The molecule has 0 amide bonds. The number of aryl methyl sites for hydroxylation is 1. The summed E-state index contributed by atoms with van der Waals surface area (Å²) in [5, 5.41) is 10.8. The third-order valence-electron chi connectivity index (χ3n) is 5.48. The van der Waals surface area contributed by atoms with Crippen LogP contribution in [0.15, 0.2) is 35.6 Å². The Balaban J connectivity index is 2.13. The summed E-state index contributed by atoms with van der Waals surface area (Å²) in [7, 11) is 0. The van der Waals surface area contributed by atoms with E-state index in [4.69, 9.17) is 4.74 Å². The monoisotopic (exact) mass is 328 g/mol. The smallest absolute Gasteiger partial charge is 0.338 e. The number of carbonyl (C=O) groups is 2. The maximum atomic E-state index is 12.6. The number of ether oxygens (including phenoxy) is 1. The van der Waals surface area contributed by atoms with Gasteiger partial charge in [-0.1, -0.05) is 36.2 Å². The van der Waals surface area contributed by atoms with Crippen LogP contribution in [-0.4, -0.2) is 24.0 Å². The van der Waals surface area contributed by atoms with Crippen molar-refractivity contribution in [3.63, 3.8) is 0 Å². The fourth-order valence-electron chi connectivity index (χ4n) is 4.37. The molecule has 1 fully saturated rings. The molecular weight excluding hydrogens is 304 g/mol. The second kappa shape index (κ2) is 6.80. The van der Waals surface area contributed by atoms with Crippen LogP contribution in [-0.2, 0) is 14.3 Å². The molecule has 1 aromatic rings. The van der Waals surface area contributed by atoms with Gasteiger partial charge in [-0.05, 0) is 38.2 Å². The molecule has 128 valence electrons. The van der Waals surface area contributed by atoms with Gasteiger partial charge in [0.2, 0.25) is 0 Å². The summed E-state index contributed by atoms with van der Waals surface area (Å²) >= 11 is 0. The summed E-state index contributed by atoms with van der Waals surface area (Å²) in [6.45, 7) is 3.99. The van der Waals surface area contributed by atoms with Gasteiger partial charge in [0.05, 0.1) is 12.2 Å². The second-order valence-corrected chi connectivity index (χ2v) is 6.82. The minimum Gasteiger partial charge on any atom is -0.511 e. The number of rotatable bonds is 4. The van der Waals surface area contributed by atoms with Crippen molar-refractivity contribution in [3.8, 4) is 0 Å². The highest BCUT2D eigenvalue weighted by molar-refractivity contribution is 5.92. The Morgan fingerprint density at radius 1 is 1.29 bits per heavy atom. The molecule has 0 bridgehead atoms. The molecule has 4 atom stereocenters. The molecule has 3 rings (SSSR count). The summed E-state index contributed by atoms with van der Waals surface area (Å²) in [6.07, 6.45) is 3.68. The van der Waals surface area contributed by atoms with Crippen molar-refractivity contribution in [3.05, 3.63) is 46.7 Å². The third kappa shape index (κ3) is 2.74. The van der Waals surface area contributed by atoms with Crippen LogP contribution in [0.5, 0.6) is 0 Å². The van der Waals surface area contributed by atoms with Gasteiger partial charge in [0.1, 0.15) is 12.0 Å². The molecule has 2 aliphatic carbocycles. The Morgan fingerprint density at radius 2 is 2.00 bits per heavy atom. The number of carbonyl (C=O) groups excluding carboxylic acids is 2. The lowest BCUT2D eigenvalue weighted by Gasteiger charge is -2.38. The topological polar surface area (TPSA) is 63.6 Å². The van der Waals surface area contributed by atoms with Crippen LogP contribution in [0.2, 0.25) is 0 Å². The number of hydrogen-bond donors (Lipinski definition) is 1. The highest BCUT2D eigenvalue weighted by atomic mass is 16.5. The lowest BCUT2D eigenvalue weighted by molar-refractivity contribution is -0.139. The quantitative estimate of drug-likeness (QED) is 0.676. The van der Waals surface area contributed by atoms with Crippen LogP contribution >= 0.6 is 0 Å². The fraction of sp³-hybridized carbons (Fsp3) is 0.500. The maximum Gasteiger partial charge on any atom is 0.338 e. The van der Waals surface area contributed by atoms with Gasteiger partial charge in [-0.25, -0.2) is 4.79 Å². The Bertz CT molecular complexity index is 659. The molecule has 0 aliphatic heterocycles. The Morgan fingerprint density at radius 3 is 2.62 bits per heavy atom. The normalized spacial score (nSPS) is 29.2. The molecule has 0 spiro atoms. The average molecular weight is 328 g/mol. The van der Waals surface area contributed by atoms with Crippen molar-refractivity contribution < 1.29 is 19.4 Å². The number of aliphatic hydroxyl groups is 1. The largest absolute Gasteiger partial charge is 0.511 e. The number of fused-ring (bicyclic) bond motifs is 1. The number of allylic oxidation sites excluding steroid dienone is 1. The standard InChI is InChI=1S/C20H24O4/c1-3-24-20(23)18-17(13-9-7-12(2)8-10-13)16(11-21)14-5-4-6-15(14)19(18)22/h7-11,14-17,22H,3-6H2,1-2H3/t14-,15+,16?,17+/m0/s1. The number of benzene rings is 1. The van der Waals surface area contributed by atoms with E-state index in [0.29, 0.717) is 0 Å². The summed E-state index contributed by atoms with van der Waals surface area (Å²) in [4.78, 5) is 24.5. The first kappa shape index (κ1) is 16.7.